The average Bonchev–Trinajstić information content (AvgIpc) is 2.32. The summed E-state index contributed by atoms with van der Waals surface area (Å²) in [6.45, 7) is 1.80. The van der Waals surface area contributed by atoms with Gasteiger partial charge in [-0.1, -0.05) is 27.6 Å². The van der Waals surface area contributed by atoms with Crippen LogP contribution in [0.4, 0.5) is 10.2 Å². The van der Waals surface area contributed by atoms with Gasteiger partial charge in [-0.2, -0.15) is 0 Å². The van der Waals surface area contributed by atoms with Crippen LogP contribution in [0.1, 0.15) is 15.9 Å². The normalized spacial score (nSPS) is 10.2. The highest BCUT2D eigenvalue weighted by atomic mass is 79.9. The molecule has 0 aliphatic rings. The predicted molar refractivity (Wildman–Crippen MR) is 71.0 cm³/mol. The third-order valence-electron chi connectivity index (χ3n) is 2.33. The second-order valence-electron chi connectivity index (χ2n) is 3.80. The predicted octanol–water partition coefficient (Wildman–Crippen LogP) is 3.54. The van der Waals surface area contributed by atoms with Crippen molar-refractivity contribution in [2.75, 3.05) is 5.32 Å². The third-order valence-corrected chi connectivity index (χ3v) is 2.82. The molecule has 0 saturated heterocycles. The van der Waals surface area contributed by atoms with E-state index in [2.05, 4.69) is 26.2 Å². The lowest BCUT2D eigenvalue weighted by molar-refractivity contribution is 0.102. The minimum atomic E-state index is -0.548. The number of carbonyl (C=O) groups excluding carboxylic acids is 1. The molecule has 0 aliphatic heterocycles. The van der Waals surface area contributed by atoms with E-state index in [1.807, 2.05) is 0 Å². The average molecular weight is 309 g/mol. The third kappa shape index (κ3) is 2.92. The Hall–Kier alpha value is -1.75. The zero-order chi connectivity index (χ0) is 13.1. The Kier molecular flexibility index (Phi) is 3.72. The number of nitrogens with one attached hydrogen (secondary N) is 1. The van der Waals surface area contributed by atoms with Gasteiger partial charge in [0.15, 0.2) is 0 Å². The minimum absolute atomic E-state index is 0.0109. The lowest BCUT2D eigenvalue weighted by atomic mass is 10.1. The maximum atomic E-state index is 13.5. The van der Waals surface area contributed by atoms with Crippen LogP contribution in [0.5, 0.6) is 0 Å². The largest absolute Gasteiger partial charge is 0.306 e. The van der Waals surface area contributed by atoms with Crippen molar-refractivity contribution in [1.29, 1.82) is 0 Å². The van der Waals surface area contributed by atoms with Crippen LogP contribution in [-0.2, 0) is 0 Å². The number of aryl methyl sites for hydroxylation is 1. The summed E-state index contributed by atoms with van der Waals surface area (Å²) in [5.41, 5.74) is 0.834. The van der Waals surface area contributed by atoms with Crippen LogP contribution >= 0.6 is 15.9 Å². The lowest BCUT2D eigenvalue weighted by Gasteiger charge is -2.06. The minimum Gasteiger partial charge on any atom is -0.306 e. The monoisotopic (exact) mass is 308 g/mol. The van der Waals surface area contributed by atoms with Gasteiger partial charge in [-0.25, -0.2) is 9.37 Å². The molecule has 0 fully saturated rings. The maximum Gasteiger partial charge on any atom is 0.259 e. The number of aromatic nitrogens is 1. The molecule has 0 unspecified atom stereocenters. The highest BCUT2D eigenvalue weighted by Crippen LogP contribution is 2.15. The van der Waals surface area contributed by atoms with Crippen LogP contribution in [0.25, 0.3) is 0 Å². The molecule has 92 valence electrons. The molecule has 2 rings (SSSR count). The van der Waals surface area contributed by atoms with E-state index in [4.69, 9.17) is 0 Å². The Labute approximate surface area is 112 Å². The highest BCUT2D eigenvalue weighted by Gasteiger charge is 2.12. The van der Waals surface area contributed by atoms with Crippen molar-refractivity contribution >= 4 is 27.7 Å². The van der Waals surface area contributed by atoms with Crippen molar-refractivity contribution in [1.82, 2.24) is 4.98 Å². The molecule has 3 nitrogen and oxygen atoms in total. The van der Waals surface area contributed by atoms with Gasteiger partial charge in [-0.3, -0.25) is 4.79 Å². The smallest absolute Gasteiger partial charge is 0.259 e. The molecule has 0 aliphatic carbocycles. The van der Waals surface area contributed by atoms with Gasteiger partial charge in [0.1, 0.15) is 11.6 Å². The van der Waals surface area contributed by atoms with Crippen molar-refractivity contribution < 1.29 is 9.18 Å². The first kappa shape index (κ1) is 12.7. The molecular weight excluding hydrogens is 299 g/mol. The Bertz CT molecular complexity index is 601. The molecule has 1 aromatic carbocycles. The SMILES string of the molecule is Cc1ccc(F)c(C(=O)Nc2cc(Br)ccn2)c1. The number of hydrogen-bond acceptors (Lipinski definition) is 2. The summed E-state index contributed by atoms with van der Waals surface area (Å²) < 4.78 is 14.3. The van der Waals surface area contributed by atoms with Crippen LogP contribution in [-0.4, -0.2) is 10.9 Å². The molecule has 1 amide bonds. The molecule has 0 radical (unpaired) electrons. The van der Waals surface area contributed by atoms with E-state index in [-0.39, 0.29) is 5.56 Å². The zero-order valence-corrected chi connectivity index (χ0v) is 11.2. The topological polar surface area (TPSA) is 42.0 Å². The van der Waals surface area contributed by atoms with Gasteiger partial charge in [0.05, 0.1) is 5.56 Å². The van der Waals surface area contributed by atoms with Gasteiger partial charge in [-0.05, 0) is 31.2 Å². The number of halogens is 2. The molecular formula is C13H10BrFN2O. The molecule has 0 saturated carbocycles. The van der Waals surface area contributed by atoms with Crippen LogP contribution in [0.15, 0.2) is 41.0 Å². The van der Waals surface area contributed by atoms with E-state index < -0.39 is 11.7 Å². The number of anilines is 1. The van der Waals surface area contributed by atoms with Crippen molar-refractivity contribution in [2.24, 2.45) is 0 Å². The van der Waals surface area contributed by atoms with Gasteiger partial charge >= 0.3 is 0 Å². The maximum absolute atomic E-state index is 13.5. The Morgan fingerprint density at radius 2 is 2.11 bits per heavy atom. The van der Waals surface area contributed by atoms with Crippen LogP contribution in [0.2, 0.25) is 0 Å². The number of nitrogens with zero attached hydrogens (tertiary/aromatic N) is 1. The summed E-state index contributed by atoms with van der Waals surface area (Å²) >= 11 is 3.27. The fourth-order valence-electron chi connectivity index (χ4n) is 1.47. The van der Waals surface area contributed by atoms with Crippen molar-refractivity contribution in [3.05, 3.63) is 57.9 Å². The molecule has 1 aromatic heterocycles. The van der Waals surface area contributed by atoms with Crippen molar-refractivity contribution in [2.45, 2.75) is 6.92 Å². The molecule has 0 spiro atoms. The van der Waals surface area contributed by atoms with Crippen molar-refractivity contribution in [3.8, 4) is 0 Å². The van der Waals surface area contributed by atoms with E-state index in [0.717, 1.165) is 10.0 Å². The van der Waals surface area contributed by atoms with E-state index in [1.165, 1.54) is 12.1 Å². The number of amides is 1. The molecule has 0 bridgehead atoms. The Balaban J connectivity index is 2.24. The van der Waals surface area contributed by atoms with Crippen LogP contribution in [0, 0.1) is 12.7 Å². The quantitative estimate of drug-likeness (QED) is 0.922. The van der Waals surface area contributed by atoms with Gasteiger partial charge in [0.2, 0.25) is 0 Å². The van der Waals surface area contributed by atoms with Crippen LogP contribution in [0.3, 0.4) is 0 Å². The first-order chi connectivity index (χ1) is 8.56. The standard InChI is InChI=1S/C13H10BrFN2O/c1-8-2-3-11(15)10(6-8)13(18)17-12-7-9(14)4-5-16-12/h2-7H,1H3,(H,16,17,18). The Morgan fingerprint density at radius 3 is 2.83 bits per heavy atom. The van der Waals surface area contributed by atoms with E-state index >= 15 is 0 Å². The van der Waals surface area contributed by atoms with Gasteiger partial charge in [0, 0.05) is 10.7 Å². The lowest BCUT2D eigenvalue weighted by Crippen LogP contribution is -2.14. The van der Waals surface area contributed by atoms with Gasteiger partial charge in [-0.15, -0.1) is 0 Å². The number of hydrogen-bond donors (Lipinski definition) is 1. The summed E-state index contributed by atoms with van der Waals surface area (Å²) in [7, 11) is 0. The molecule has 18 heavy (non-hydrogen) atoms. The van der Waals surface area contributed by atoms with E-state index in [0.29, 0.717) is 5.82 Å². The first-order valence-electron chi connectivity index (χ1n) is 5.25. The molecule has 1 N–H and O–H groups in total. The summed E-state index contributed by atoms with van der Waals surface area (Å²) in [5, 5.41) is 2.55. The summed E-state index contributed by atoms with van der Waals surface area (Å²) in [4.78, 5) is 15.9. The number of pyridine rings is 1. The molecule has 0 atom stereocenters. The van der Waals surface area contributed by atoms with E-state index in [1.54, 1.807) is 31.3 Å². The Morgan fingerprint density at radius 1 is 1.33 bits per heavy atom. The van der Waals surface area contributed by atoms with E-state index in [9.17, 15) is 9.18 Å². The van der Waals surface area contributed by atoms with Crippen LogP contribution < -0.4 is 5.32 Å². The first-order valence-corrected chi connectivity index (χ1v) is 6.04. The van der Waals surface area contributed by atoms with Crippen molar-refractivity contribution in [3.63, 3.8) is 0 Å². The van der Waals surface area contributed by atoms with Gasteiger partial charge in [0.25, 0.3) is 5.91 Å². The number of carbonyl (C=O) groups is 1. The second-order valence-corrected chi connectivity index (χ2v) is 4.71. The molecule has 2 aromatic rings. The summed E-state index contributed by atoms with van der Waals surface area (Å²) in [6, 6.07) is 7.78. The fraction of sp³-hybridized carbons (Fsp3) is 0.0769. The summed E-state index contributed by atoms with van der Waals surface area (Å²) in [6.07, 6.45) is 1.55. The number of rotatable bonds is 2. The summed E-state index contributed by atoms with van der Waals surface area (Å²) in [5.74, 6) is -0.690. The van der Waals surface area contributed by atoms with Gasteiger partial charge < -0.3 is 5.32 Å². The molecule has 1 heterocycles. The fourth-order valence-corrected chi connectivity index (χ4v) is 1.80. The second kappa shape index (κ2) is 5.27. The zero-order valence-electron chi connectivity index (χ0n) is 9.58. The highest BCUT2D eigenvalue weighted by molar-refractivity contribution is 9.10. The number of benzene rings is 1. The molecule has 5 heteroatoms.